The molecule has 0 saturated carbocycles. The summed E-state index contributed by atoms with van der Waals surface area (Å²) in [6.07, 6.45) is 1.78. The molecule has 162 valence electrons. The fourth-order valence-corrected chi connectivity index (χ4v) is 3.21. The minimum Gasteiger partial charge on any atom is -0.372 e. The second-order valence-corrected chi connectivity index (χ2v) is 8.43. The Labute approximate surface area is 184 Å². The number of para-hydroxylation sites is 1. The van der Waals surface area contributed by atoms with E-state index in [9.17, 15) is 9.59 Å². The maximum atomic E-state index is 13.2. The number of benzene rings is 2. The highest BCUT2D eigenvalue weighted by Crippen LogP contribution is 2.25. The molecule has 1 N–H and O–H groups in total. The molecule has 6 heteroatoms. The third-order valence-corrected chi connectivity index (χ3v) is 5.12. The molecule has 0 unspecified atom stereocenters. The van der Waals surface area contributed by atoms with E-state index in [2.05, 4.69) is 29.2 Å². The number of hydrazone groups is 1. The number of carbonyl (C=O) groups excluding carboxylic acids is 2. The number of amides is 2. The molecule has 2 aromatic carbocycles. The predicted octanol–water partition coefficient (Wildman–Crippen LogP) is 4.44. The first-order chi connectivity index (χ1) is 14.7. The topological polar surface area (TPSA) is 65.0 Å². The van der Waals surface area contributed by atoms with Crippen LogP contribution in [0.3, 0.4) is 0 Å². The third kappa shape index (κ3) is 5.02. The fourth-order valence-electron chi connectivity index (χ4n) is 3.21. The number of amidine groups is 1. The Morgan fingerprint density at radius 1 is 1.03 bits per heavy atom. The Morgan fingerprint density at radius 3 is 2.19 bits per heavy atom. The Morgan fingerprint density at radius 2 is 1.65 bits per heavy atom. The number of carbonyl (C=O) groups is 2. The van der Waals surface area contributed by atoms with Crippen molar-refractivity contribution in [3.63, 3.8) is 0 Å². The molecule has 1 heterocycles. The first kappa shape index (κ1) is 22.3. The van der Waals surface area contributed by atoms with E-state index in [0.29, 0.717) is 11.3 Å². The monoisotopic (exact) mass is 418 g/mol. The summed E-state index contributed by atoms with van der Waals surface area (Å²) < 4.78 is 0. The number of rotatable bonds is 5. The van der Waals surface area contributed by atoms with Crippen molar-refractivity contribution in [3.05, 3.63) is 65.7 Å². The van der Waals surface area contributed by atoms with Crippen molar-refractivity contribution in [2.24, 2.45) is 10.5 Å². The lowest BCUT2D eigenvalue weighted by molar-refractivity contribution is -0.126. The van der Waals surface area contributed by atoms with Crippen LogP contribution in [-0.4, -0.2) is 30.7 Å². The minimum atomic E-state index is -0.609. The van der Waals surface area contributed by atoms with Gasteiger partial charge in [-0.2, -0.15) is 5.01 Å². The summed E-state index contributed by atoms with van der Waals surface area (Å²) in [7, 11) is 0. The smallest absolute Gasteiger partial charge is 0.282 e. The molecule has 0 atom stereocenters. The zero-order valence-electron chi connectivity index (χ0n) is 18.8. The van der Waals surface area contributed by atoms with Gasteiger partial charge < -0.3 is 10.2 Å². The summed E-state index contributed by atoms with van der Waals surface area (Å²) >= 11 is 0. The highest BCUT2D eigenvalue weighted by atomic mass is 16.2. The van der Waals surface area contributed by atoms with Crippen LogP contribution in [0, 0.1) is 5.41 Å². The molecule has 0 fully saturated rings. The van der Waals surface area contributed by atoms with Gasteiger partial charge in [0.1, 0.15) is 0 Å². The molecular weight excluding hydrogens is 388 g/mol. The molecule has 0 aliphatic carbocycles. The van der Waals surface area contributed by atoms with E-state index in [1.54, 1.807) is 6.08 Å². The van der Waals surface area contributed by atoms with Crippen LogP contribution in [0.5, 0.6) is 0 Å². The molecule has 1 aliphatic heterocycles. The molecule has 0 spiro atoms. The standard InChI is InChI=1S/C25H30N4O2/c1-6-28(7-2)19-15-13-18(14-16-19)17-21-22(26-24(31)25(3,4)5)27-29(23(21)30)20-11-9-8-10-12-20/h8-17H,6-7H2,1-5H3,(H,26,27,31). The van der Waals surface area contributed by atoms with E-state index >= 15 is 0 Å². The van der Waals surface area contributed by atoms with Crippen molar-refractivity contribution >= 4 is 35.1 Å². The zero-order valence-corrected chi connectivity index (χ0v) is 18.8. The van der Waals surface area contributed by atoms with Gasteiger partial charge in [0.15, 0.2) is 5.84 Å². The number of nitrogens with one attached hydrogen (secondary N) is 1. The molecule has 3 rings (SSSR count). The normalized spacial score (nSPS) is 15.3. The van der Waals surface area contributed by atoms with Gasteiger partial charge in [-0.05, 0) is 49.8 Å². The largest absolute Gasteiger partial charge is 0.372 e. The van der Waals surface area contributed by atoms with Gasteiger partial charge in [0, 0.05) is 24.2 Å². The lowest BCUT2D eigenvalue weighted by Gasteiger charge is -2.21. The van der Waals surface area contributed by atoms with Gasteiger partial charge in [0.25, 0.3) is 5.91 Å². The Bertz CT molecular complexity index is 998. The summed E-state index contributed by atoms with van der Waals surface area (Å²) in [6, 6.07) is 17.2. The summed E-state index contributed by atoms with van der Waals surface area (Å²) in [5.41, 5.74) is 2.40. The number of hydrogen-bond acceptors (Lipinski definition) is 4. The van der Waals surface area contributed by atoms with Gasteiger partial charge >= 0.3 is 0 Å². The van der Waals surface area contributed by atoms with Crippen molar-refractivity contribution in [1.82, 2.24) is 5.32 Å². The van der Waals surface area contributed by atoms with Gasteiger partial charge in [0.05, 0.1) is 11.3 Å². The van der Waals surface area contributed by atoms with Gasteiger partial charge in [-0.3, -0.25) is 9.59 Å². The molecule has 2 aromatic rings. The van der Waals surface area contributed by atoms with Crippen molar-refractivity contribution < 1.29 is 9.59 Å². The second-order valence-electron chi connectivity index (χ2n) is 8.43. The van der Waals surface area contributed by atoms with Gasteiger partial charge in [-0.15, -0.1) is 5.10 Å². The SMILES string of the molecule is CCN(CC)c1ccc(C=C2C(=O)N(c3ccccc3)N=C2NC(=O)C(C)(C)C)cc1. The Kier molecular flexibility index (Phi) is 6.59. The van der Waals surface area contributed by atoms with Crippen LogP contribution in [0.2, 0.25) is 0 Å². The van der Waals surface area contributed by atoms with Gasteiger partial charge in [0.2, 0.25) is 5.91 Å². The maximum absolute atomic E-state index is 13.2. The molecule has 0 bridgehead atoms. The van der Waals surface area contributed by atoms with Gasteiger partial charge in [-0.25, -0.2) is 0 Å². The van der Waals surface area contributed by atoms with Crippen molar-refractivity contribution in [2.45, 2.75) is 34.6 Å². The Hall–Kier alpha value is -3.41. The van der Waals surface area contributed by atoms with Crippen LogP contribution < -0.4 is 15.2 Å². The van der Waals surface area contributed by atoms with E-state index < -0.39 is 5.41 Å². The number of anilines is 2. The lowest BCUT2D eigenvalue weighted by atomic mass is 9.95. The van der Waals surface area contributed by atoms with Crippen molar-refractivity contribution in [3.8, 4) is 0 Å². The quantitative estimate of drug-likeness (QED) is 0.730. The number of nitrogens with zero attached hydrogens (tertiary/aromatic N) is 3. The van der Waals surface area contributed by atoms with E-state index in [1.807, 2.05) is 75.4 Å². The van der Waals surface area contributed by atoms with E-state index in [0.717, 1.165) is 24.3 Å². The summed E-state index contributed by atoms with van der Waals surface area (Å²) in [6.45, 7) is 11.6. The maximum Gasteiger partial charge on any atom is 0.282 e. The zero-order chi connectivity index (χ0) is 22.6. The fraction of sp³-hybridized carbons (Fsp3) is 0.320. The van der Waals surface area contributed by atoms with Crippen molar-refractivity contribution in [1.29, 1.82) is 0 Å². The summed E-state index contributed by atoms with van der Waals surface area (Å²) in [4.78, 5) is 28.1. The van der Waals surface area contributed by atoms with Gasteiger partial charge in [-0.1, -0.05) is 51.1 Å². The molecule has 6 nitrogen and oxygen atoms in total. The van der Waals surface area contributed by atoms with Crippen LogP contribution in [-0.2, 0) is 9.59 Å². The van der Waals surface area contributed by atoms with Crippen LogP contribution in [0.4, 0.5) is 11.4 Å². The van der Waals surface area contributed by atoms with Crippen LogP contribution in [0.1, 0.15) is 40.2 Å². The van der Waals surface area contributed by atoms with Crippen LogP contribution in [0.25, 0.3) is 6.08 Å². The average Bonchev–Trinajstić information content (AvgIpc) is 3.05. The second kappa shape index (κ2) is 9.16. The number of hydrogen-bond donors (Lipinski definition) is 1. The predicted molar refractivity (Wildman–Crippen MR) is 127 cm³/mol. The molecule has 0 aromatic heterocycles. The average molecular weight is 419 g/mol. The molecular formula is C25H30N4O2. The lowest BCUT2D eigenvalue weighted by Crippen LogP contribution is -2.39. The highest BCUT2D eigenvalue weighted by molar-refractivity contribution is 6.34. The minimum absolute atomic E-state index is 0.197. The third-order valence-electron chi connectivity index (χ3n) is 5.12. The van der Waals surface area contributed by atoms with Crippen LogP contribution in [0.15, 0.2) is 65.3 Å². The summed E-state index contributed by atoms with van der Waals surface area (Å²) in [5.74, 6) is -0.207. The first-order valence-corrected chi connectivity index (χ1v) is 10.6. The highest BCUT2D eigenvalue weighted by Gasteiger charge is 2.34. The summed E-state index contributed by atoms with van der Waals surface area (Å²) in [5, 5.41) is 8.60. The molecule has 0 saturated heterocycles. The molecule has 31 heavy (non-hydrogen) atoms. The Balaban J connectivity index is 1.96. The first-order valence-electron chi connectivity index (χ1n) is 10.6. The molecule has 2 amide bonds. The van der Waals surface area contributed by atoms with Crippen LogP contribution >= 0.6 is 0 Å². The van der Waals surface area contributed by atoms with E-state index in [4.69, 9.17) is 0 Å². The van der Waals surface area contributed by atoms with E-state index in [1.165, 1.54) is 5.01 Å². The van der Waals surface area contributed by atoms with Crippen molar-refractivity contribution in [2.75, 3.05) is 23.0 Å². The molecule has 1 aliphatic rings. The van der Waals surface area contributed by atoms with E-state index in [-0.39, 0.29) is 17.6 Å². The molecule has 0 radical (unpaired) electrons.